The van der Waals surface area contributed by atoms with E-state index in [9.17, 15) is 9.90 Å². The van der Waals surface area contributed by atoms with E-state index in [4.69, 9.17) is 0 Å². The summed E-state index contributed by atoms with van der Waals surface area (Å²) in [5.74, 6) is 1.33. The minimum atomic E-state index is -0.563. The highest BCUT2D eigenvalue weighted by Crippen LogP contribution is 2.43. The quantitative estimate of drug-likeness (QED) is 0.731. The van der Waals surface area contributed by atoms with Gasteiger partial charge >= 0.3 is 0 Å². The Balaban J connectivity index is 0.00000128. The lowest BCUT2D eigenvalue weighted by Crippen LogP contribution is -2.69. The van der Waals surface area contributed by atoms with Crippen molar-refractivity contribution in [3.8, 4) is 0 Å². The Morgan fingerprint density at radius 2 is 1.83 bits per heavy atom. The van der Waals surface area contributed by atoms with E-state index in [2.05, 4.69) is 45.4 Å². The van der Waals surface area contributed by atoms with Crippen molar-refractivity contribution >= 4 is 30.7 Å². The fourth-order valence-corrected chi connectivity index (χ4v) is 6.30. The topological polar surface area (TPSA) is 55.8 Å². The molecule has 1 aromatic carbocycles. The second-order valence-electron chi connectivity index (χ2n) is 9.57. The van der Waals surface area contributed by atoms with E-state index < -0.39 is 5.41 Å². The predicted octanol–water partition coefficient (Wildman–Crippen LogP) is 2.36. The molecule has 4 fully saturated rings. The number of aliphatic hydroxyl groups excluding tert-OH is 1. The SMILES string of the molecule is Cl.Cl.O=C(N1C[C@H]2C[C@@H](C1)[C@H](Cc1ccccc1)N1CCCC[C@@H]21)C1(CO)CNC1. The van der Waals surface area contributed by atoms with Crippen LogP contribution in [-0.2, 0) is 11.2 Å². The molecule has 4 atom stereocenters. The lowest BCUT2D eigenvalue weighted by Gasteiger charge is -2.58. The molecule has 5 nitrogen and oxygen atoms in total. The third-order valence-electron chi connectivity index (χ3n) is 7.88. The van der Waals surface area contributed by atoms with Gasteiger partial charge in [-0.2, -0.15) is 0 Å². The van der Waals surface area contributed by atoms with Gasteiger partial charge in [-0.05, 0) is 49.6 Å². The summed E-state index contributed by atoms with van der Waals surface area (Å²) in [4.78, 5) is 18.2. The highest BCUT2D eigenvalue weighted by molar-refractivity contribution is 5.86. The van der Waals surface area contributed by atoms with E-state index in [0.717, 1.165) is 19.5 Å². The van der Waals surface area contributed by atoms with Crippen molar-refractivity contribution in [1.29, 1.82) is 0 Å². The standard InChI is InChI=1S/C23H33N3O2.2ClH/c27-16-23(14-24-15-23)22(28)25-12-18-11-19(13-25)21(10-17-6-2-1-3-7-17)26-9-5-4-8-20(18)26;;/h1-3,6-7,18-21,24,27H,4-5,8-16H2;2*1H/t18-,19+,20+,21+;;/m1../s1. The molecule has 5 rings (SSSR count). The Hall–Kier alpha value is -0.850. The number of halogens is 2. The van der Waals surface area contributed by atoms with Crippen LogP contribution in [0.1, 0.15) is 31.2 Å². The number of carbonyl (C=O) groups is 1. The number of nitrogens with zero attached hydrogens (tertiary/aromatic N) is 2. The molecule has 4 aliphatic rings. The molecule has 0 spiro atoms. The van der Waals surface area contributed by atoms with Crippen LogP contribution in [0, 0.1) is 17.3 Å². The molecule has 7 heteroatoms. The van der Waals surface area contributed by atoms with Crippen LogP contribution >= 0.6 is 24.8 Å². The first-order chi connectivity index (χ1) is 13.7. The van der Waals surface area contributed by atoms with Crippen LogP contribution in [0.5, 0.6) is 0 Å². The zero-order chi connectivity index (χ0) is 19.1. The minimum absolute atomic E-state index is 0. The number of hydrogen-bond donors (Lipinski definition) is 2. The van der Waals surface area contributed by atoms with Gasteiger partial charge in [0.1, 0.15) is 0 Å². The molecular weight excluding hydrogens is 421 g/mol. The molecule has 4 heterocycles. The average molecular weight is 456 g/mol. The maximum Gasteiger partial charge on any atom is 0.233 e. The van der Waals surface area contributed by atoms with Crippen LogP contribution in [0.4, 0.5) is 0 Å². The first-order valence-corrected chi connectivity index (χ1v) is 11.1. The van der Waals surface area contributed by atoms with Gasteiger partial charge in [0.05, 0.1) is 12.0 Å². The van der Waals surface area contributed by atoms with Crippen molar-refractivity contribution in [1.82, 2.24) is 15.1 Å². The van der Waals surface area contributed by atoms with Crippen LogP contribution in [0.2, 0.25) is 0 Å². The Kier molecular flexibility index (Phi) is 7.73. The Morgan fingerprint density at radius 3 is 2.50 bits per heavy atom. The smallest absolute Gasteiger partial charge is 0.233 e. The van der Waals surface area contributed by atoms with Gasteiger partial charge in [-0.15, -0.1) is 24.8 Å². The van der Waals surface area contributed by atoms with Crippen molar-refractivity contribution in [2.45, 2.75) is 44.2 Å². The summed E-state index contributed by atoms with van der Waals surface area (Å²) in [5, 5.41) is 13.1. The van der Waals surface area contributed by atoms with E-state index in [-0.39, 0.29) is 37.3 Å². The van der Waals surface area contributed by atoms with Crippen molar-refractivity contribution in [2.24, 2.45) is 17.3 Å². The number of aliphatic hydroxyl groups is 1. The molecular formula is C23H35Cl2N3O2. The highest BCUT2D eigenvalue weighted by Gasteiger charge is 2.52. The van der Waals surface area contributed by atoms with E-state index in [1.807, 2.05) is 0 Å². The summed E-state index contributed by atoms with van der Waals surface area (Å²) in [7, 11) is 0. The van der Waals surface area contributed by atoms with Gasteiger partial charge in [-0.1, -0.05) is 36.8 Å². The van der Waals surface area contributed by atoms with Crippen molar-refractivity contribution in [3.63, 3.8) is 0 Å². The fraction of sp³-hybridized carbons (Fsp3) is 0.696. The first-order valence-electron chi connectivity index (χ1n) is 11.1. The van der Waals surface area contributed by atoms with Crippen molar-refractivity contribution < 1.29 is 9.90 Å². The lowest BCUT2D eigenvalue weighted by atomic mass is 9.70. The molecule has 1 amide bonds. The van der Waals surface area contributed by atoms with Gasteiger partial charge in [0.25, 0.3) is 0 Å². The number of fused-ring (bicyclic) bond motifs is 4. The average Bonchev–Trinajstić information content (AvgIpc) is 2.71. The summed E-state index contributed by atoms with van der Waals surface area (Å²) in [5.41, 5.74) is 0.848. The predicted molar refractivity (Wildman–Crippen MR) is 123 cm³/mol. The molecule has 168 valence electrons. The summed E-state index contributed by atoms with van der Waals surface area (Å²) < 4.78 is 0. The zero-order valence-corrected chi connectivity index (χ0v) is 19.2. The molecule has 0 saturated carbocycles. The van der Waals surface area contributed by atoms with E-state index in [1.165, 1.54) is 37.8 Å². The molecule has 0 aliphatic carbocycles. The van der Waals surface area contributed by atoms with Crippen LogP contribution in [0.3, 0.4) is 0 Å². The molecule has 0 aromatic heterocycles. The van der Waals surface area contributed by atoms with Crippen LogP contribution in [0.25, 0.3) is 0 Å². The summed E-state index contributed by atoms with van der Waals surface area (Å²) in [6, 6.07) is 12.0. The summed E-state index contributed by atoms with van der Waals surface area (Å²) in [6.07, 6.45) is 6.25. The van der Waals surface area contributed by atoms with Crippen LogP contribution < -0.4 is 5.32 Å². The zero-order valence-electron chi connectivity index (χ0n) is 17.5. The van der Waals surface area contributed by atoms with Gasteiger partial charge in [0.15, 0.2) is 0 Å². The number of likely N-dealkylation sites (tertiary alicyclic amines) is 1. The number of nitrogens with one attached hydrogen (secondary N) is 1. The third kappa shape index (κ3) is 4.12. The van der Waals surface area contributed by atoms with Gasteiger partial charge in [0, 0.05) is 38.3 Å². The second-order valence-corrected chi connectivity index (χ2v) is 9.57. The fourth-order valence-electron chi connectivity index (χ4n) is 6.30. The molecule has 0 unspecified atom stereocenters. The maximum absolute atomic E-state index is 13.3. The van der Waals surface area contributed by atoms with E-state index >= 15 is 0 Å². The maximum atomic E-state index is 13.3. The number of hydrogen-bond acceptors (Lipinski definition) is 4. The van der Waals surface area contributed by atoms with E-state index in [0.29, 0.717) is 37.0 Å². The monoisotopic (exact) mass is 455 g/mol. The summed E-state index contributed by atoms with van der Waals surface area (Å²) >= 11 is 0. The lowest BCUT2D eigenvalue weighted by molar-refractivity contribution is -0.157. The van der Waals surface area contributed by atoms with Gasteiger partial charge in [-0.3, -0.25) is 9.69 Å². The van der Waals surface area contributed by atoms with Gasteiger partial charge in [-0.25, -0.2) is 0 Å². The third-order valence-corrected chi connectivity index (χ3v) is 7.88. The van der Waals surface area contributed by atoms with Crippen molar-refractivity contribution in [3.05, 3.63) is 35.9 Å². The highest BCUT2D eigenvalue weighted by atomic mass is 35.5. The second kappa shape index (κ2) is 9.74. The normalized spacial score (nSPS) is 32.1. The molecule has 30 heavy (non-hydrogen) atoms. The molecule has 0 radical (unpaired) electrons. The minimum Gasteiger partial charge on any atom is -0.395 e. The Labute approximate surface area is 192 Å². The Bertz CT molecular complexity index is 710. The molecule has 2 N–H and O–H groups in total. The van der Waals surface area contributed by atoms with E-state index in [1.54, 1.807) is 0 Å². The molecule has 4 saturated heterocycles. The molecule has 2 bridgehead atoms. The van der Waals surface area contributed by atoms with Crippen LogP contribution in [-0.4, -0.2) is 72.2 Å². The number of carbonyl (C=O) groups excluding carboxylic acids is 1. The van der Waals surface area contributed by atoms with Crippen LogP contribution in [0.15, 0.2) is 30.3 Å². The van der Waals surface area contributed by atoms with Gasteiger partial charge in [0.2, 0.25) is 5.91 Å². The Morgan fingerprint density at radius 1 is 1.10 bits per heavy atom. The number of benzene rings is 1. The first kappa shape index (κ1) is 23.8. The number of rotatable bonds is 4. The largest absolute Gasteiger partial charge is 0.395 e. The number of amides is 1. The van der Waals surface area contributed by atoms with Crippen molar-refractivity contribution in [2.75, 3.05) is 39.3 Å². The summed E-state index contributed by atoms with van der Waals surface area (Å²) in [6.45, 7) is 4.17. The molecule has 4 aliphatic heterocycles. The molecule has 1 aromatic rings. The van der Waals surface area contributed by atoms with Gasteiger partial charge < -0.3 is 15.3 Å². The number of piperidine rings is 3.